The second kappa shape index (κ2) is 9.82. The summed E-state index contributed by atoms with van der Waals surface area (Å²) in [6.07, 6.45) is -5.02. The van der Waals surface area contributed by atoms with Crippen molar-refractivity contribution in [3.8, 4) is 11.5 Å². The van der Waals surface area contributed by atoms with E-state index in [1.807, 2.05) is 0 Å². The molecule has 186 valence electrons. The van der Waals surface area contributed by atoms with Crippen LogP contribution in [-0.2, 0) is 12.7 Å². The molecule has 3 aromatic rings. The van der Waals surface area contributed by atoms with Crippen molar-refractivity contribution in [2.45, 2.75) is 19.6 Å². The third kappa shape index (κ3) is 5.65. The zero-order valence-electron chi connectivity index (χ0n) is 19.2. The number of benzene rings is 2. The van der Waals surface area contributed by atoms with E-state index < -0.39 is 17.8 Å². The molecule has 2 heterocycles. The number of carbonyl (C=O) groups is 1. The van der Waals surface area contributed by atoms with Gasteiger partial charge in [-0.05, 0) is 36.8 Å². The Bertz CT molecular complexity index is 1250. The fraction of sp³-hybridized carbons (Fsp3) is 0.348. The molecule has 0 radical (unpaired) electrons. The number of fused-ring (bicyclic) bond motifs is 1. The Morgan fingerprint density at radius 1 is 1.14 bits per heavy atom. The van der Waals surface area contributed by atoms with Gasteiger partial charge in [0.25, 0.3) is 0 Å². The maximum Gasteiger partial charge on any atom is 0.416 e. The number of aromatic nitrogens is 2. The molecule has 1 aliphatic rings. The number of piperazine rings is 1. The van der Waals surface area contributed by atoms with E-state index in [1.54, 1.807) is 24.0 Å². The molecule has 1 amide bonds. The van der Waals surface area contributed by atoms with E-state index in [0.717, 1.165) is 12.1 Å². The summed E-state index contributed by atoms with van der Waals surface area (Å²) in [6.45, 7) is 4.10. The van der Waals surface area contributed by atoms with E-state index in [1.165, 1.54) is 13.2 Å². The molecule has 0 atom stereocenters. The number of hydrogen-bond donors (Lipinski definition) is 3. The first-order chi connectivity index (χ1) is 16.6. The number of nitrogens with one attached hydrogen (secondary N) is 2. The highest BCUT2D eigenvalue weighted by Gasteiger charge is 2.31. The van der Waals surface area contributed by atoms with Gasteiger partial charge in [0.2, 0.25) is 0 Å². The number of halogens is 3. The fourth-order valence-corrected chi connectivity index (χ4v) is 3.80. The minimum Gasteiger partial charge on any atom is -0.493 e. The summed E-state index contributed by atoms with van der Waals surface area (Å²) in [5.41, 5.74) is 5.70. The van der Waals surface area contributed by atoms with E-state index in [2.05, 4.69) is 20.6 Å². The molecule has 1 aliphatic heterocycles. The number of nitrogens with two attached hydrogens (primary N) is 1. The van der Waals surface area contributed by atoms with Gasteiger partial charge in [-0.1, -0.05) is 0 Å². The normalized spacial score (nSPS) is 14.1. The second-order valence-corrected chi connectivity index (χ2v) is 8.06. The first-order valence-electron chi connectivity index (χ1n) is 10.9. The predicted octanol–water partition coefficient (Wildman–Crippen LogP) is 3.56. The van der Waals surface area contributed by atoms with Crippen LogP contribution in [0.25, 0.3) is 10.9 Å². The van der Waals surface area contributed by atoms with E-state index in [4.69, 9.17) is 15.2 Å². The van der Waals surface area contributed by atoms with Crippen LogP contribution in [0, 0.1) is 6.92 Å². The zero-order chi connectivity index (χ0) is 25.2. The number of nitrogens with zero attached hydrogens (tertiary/aromatic N) is 3. The topological polar surface area (TPSA) is 115 Å². The van der Waals surface area contributed by atoms with Crippen molar-refractivity contribution in [3.05, 3.63) is 47.3 Å². The van der Waals surface area contributed by atoms with Gasteiger partial charge < -0.3 is 30.7 Å². The van der Waals surface area contributed by atoms with Crippen molar-refractivity contribution in [2.24, 2.45) is 0 Å². The summed E-state index contributed by atoms with van der Waals surface area (Å²) in [7, 11) is 1.45. The number of carbonyl (C=O) groups excluding carboxylic acids is 1. The van der Waals surface area contributed by atoms with E-state index >= 15 is 0 Å². The van der Waals surface area contributed by atoms with Gasteiger partial charge in [-0.2, -0.15) is 13.2 Å². The molecular formula is C23H25F3N6O3. The van der Waals surface area contributed by atoms with Crippen LogP contribution in [0.5, 0.6) is 11.5 Å². The number of amides is 1. The summed E-state index contributed by atoms with van der Waals surface area (Å²) in [6, 6.07) is 6.58. The van der Waals surface area contributed by atoms with Crippen LogP contribution in [0.1, 0.15) is 17.0 Å². The molecule has 1 fully saturated rings. The molecule has 4 N–H and O–H groups in total. The maximum atomic E-state index is 13.2. The molecular weight excluding hydrogens is 465 g/mol. The molecule has 2 aromatic carbocycles. The molecule has 12 heteroatoms. The average molecular weight is 490 g/mol. The quantitative estimate of drug-likeness (QED) is 0.465. The summed E-state index contributed by atoms with van der Waals surface area (Å²) in [5.74, 6) is 1.31. The van der Waals surface area contributed by atoms with Gasteiger partial charge in [0.15, 0.2) is 11.5 Å². The molecule has 35 heavy (non-hydrogen) atoms. The van der Waals surface area contributed by atoms with Crippen molar-refractivity contribution >= 4 is 28.5 Å². The number of ether oxygens (including phenoxy) is 2. The minimum atomic E-state index is -4.51. The number of anilines is 2. The van der Waals surface area contributed by atoms with Gasteiger partial charge in [0.1, 0.15) is 11.6 Å². The van der Waals surface area contributed by atoms with Gasteiger partial charge in [0, 0.05) is 49.9 Å². The maximum absolute atomic E-state index is 13.2. The van der Waals surface area contributed by atoms with Crippen LogP contribution < -0.4 is 25.8 Å². The largest absolute Gasteiger partial charge is 0.493 e. The van der Waals surface area contributed by atoms with Crippen LogP contribution in [0.4, 0.5) is 29.5 Å². The Balaban J connectivity index is 1.64. The lowest BCUT2D eigenvalue weighted by molar-refractivity contribution is -0.137. The zero-order valence-corrected chi connectivity index (χ0v) is 19.2. The number of methoxy groups -OCH3 is 1. The molecule has 0 spiro atoms. The predicted molar refractivity (Wildman–Crippen MR) is 124 cm³/mol. The SMILES string of the molecule is COc1cc2nc(C)nc(NCc3cc(N)cc(C(F)(F)F)c3)c2cc1OC(=O)N1CCNCC1. The number of hydrogen-bond acceptors (Lipinski definition) is 8. The summed E-state index contributed by atoms with van der Waals surface area (Å²) in [4.78, 5) is 23.0. The van der Waals surface area contributed by atoms with Crippen LogP contribution >= 0.6 is 0 Å². The van der Waals surface area contributed by atoms with Gasteiger partial charge in [0.05, 0.1) is 18.2 Å². The first kappa shape index (κ1) is 24.3. The number of aryl methyl sites for hydroxylation is 1. The number of rotatable bonds is 5. The Hall–Kier alpha value is -3.80. The van der Waals surface area contributed by atoms with Crippen LogP contribution in [0.15, 0.2) is 30.3 Å². The van der Waals surface area contributed by atoms with E-state index in [9.17, 15) is 18.0 Å². The monoisotopic (exact) mass is 490 g/mol. The summed E-state index contributed by atoms with van der Waals surface area (Å²) < 4.78 is 50.5. The Morgan fingerprint density at radius 2 is 1.89 bits per heavy atom. The van der Waals surface area contributed by atoms with E-state index in [0.29, 0.717) is 60.0 Å². The average Bonchev–Trinajstić information content (AvgIpc) is 2.82. The van der Waals surface area contributed by atoms with Crippen molar-refractivity contribution in [1.82, 2.24) is 20.2 Å². The van der Waals surface area contributed by atoms with Gasteiger partial charge >= 0.3 is 12.3 Å². The lowest BCUT2D eigenvalue weighted by Gasteiger charge is -2.26. The van der Waals surface area contributed by atoms with Gasteiger partial charge in [-0.3, -0.25) is 0 Å². The highest BCUT2D eigenvalue weighted by Crippen LogP contribution is 2.35. The molecule has 9 nitrogen and oxygen atoms in total. The summed E-state index contributed by atoms with van der Waals surface area (Å²) >= 11 is 0. The second-order valence-electron chi connectivity index (χ2n) is 8.06. The lowest BCUT2D eigenvalue weighted by Crippen LogP contribution is -2.47. The molecule has 4 rings (SSSR count). The van der Waals surface area contributed by atoms with Crippen molar-refractivity contribution in [1.29, 1.82) is 0 Å². The van der Waals surface area contributed by atoms with E-state index in [-0.39, 0.29) is 18.0 Å². The minimum absolute atomic E-state index is 0.00667. The Morgan fingerprint density at radius 3 is 2.57 bits per heavy atom. The molecule has 0 aliphatic carbocycles. The summed E-state index contributed by atoms with van der Waals surface area (Å²) in [5, 5.41) is 6.74. The van der Waals surface area contributed by atoms with Crippen LogP contribution in [0.2, 0.25) is 0 Å². The standard InChI is InChI=1S/C23H25F3N6O3/c1-13-30-18-11-19(34-2)20(35-22(33)32-5-3-28-4-6-32)10-17(18)21(31-13)29-12-14-7-15(23(24,25)26)9-16(27)8-14/h7-11,28H,3-6,12,27H2,1-2H3,(H,29,30,31). The first-order valence-corrected chi connectivity index (χ1v) is 10.9. The fourth-order valence-electron chi connectivity index (χ4n) is 3.80. The highest BCUT2D eigenvalue weighted by molar-refractivity contribution is 5.92. The van der Waals surface area contributed by atoms with Crippen molar-refractivity contribution in [2.75, 3.05) is 44.3 Å². The number of nitrogen functional groups attached to an aromatic ring is 1. The smallest absolute Gasteiger partial charge is 0.416 e. The Labute approximate surface area is 199 Å². The molecule has 0 saturated carbocycles. The number of alkyl halides is 3. The van der Waals surface area contributed by atoms with Crippen LogP contribution in [-0.4, -0.2) is 54.2 Å². The van der Waals surface area contributed by atoms with Crippen molar-refractivity contribution in [3.63, 3.8) is 0 Å². The highest BCUT2D eigenvalue weighted by atomic mass is 19.4. The molecule has 0 bridgehead atoms. The molecule has 0 unspecified atom stereocenters. The Kier molecular flexibility index (Phi) is 6.83. The third-order valence-corrected chi connectivity index (χ3v) is 5.47. The van der Waals surface area contributed by atoms with Crippen molar-refractivity contribution < 1.29 is 27.4 Å². The molecule has 1 saturated heterocycles. The van der Waals surface area contributed by atoms with Gasteiger partial charge in [-0.15, -0.1) is 0 Å². The van der Waals surface area contributed by atoms with Crippen LogP contribution in [0.3, 0.4) is 0 Å². The lowest BCUT2D eigenvalue weighted by atomic mass is 10.1. The molecule has 1 aromatic heterocycles. The third-order valence-electron chi connectivity index (χ3n) is 5.47. The van der Waals surface area contributed by atoms with Gasteiger partial charge in [-0.25, -0.2) is 14.8 Å².